The molecule has 0 radical (unpaired) electrons. The van der Waals surface area contributed by atoms with Gasteiger partial charge in [0, 0.05) is 5.56 Å². The molecule has 6 heteroatoms. The standard InChI is InChI=1S/C14H9ClFNO2S/c15-10-5-7-20-13(10)14(19)17-12-4-3-9(2-1-6-18)8-11(12)16/h3-5,7-8,18H,6H2,(H,17,19). The highest BCUT2D eigenvalue weighted by atomic mass is 35.5. The molecule has 0 saturated heterocycles. The minimum absolute atomic E-state index is 0.0500. The molecular weight excluding hydrogens is 301 g/mol. The van der Waals surface area contributed by atoms with Crippen molar-refractivity contribution in [3.63, 3.8) is 0 Å². The van der Waals surface area contributed by atoms with Gasteiger partial charge in [0.05, 0.1) is 10.7 Å². The third kappa shape index (κ3) is 3.36. The monoisotopic (exact) mass is 309 g/mol. The summed E-state index contributed by atoms with van der Waals surface area (Å²) < 4.78 is 13.8. The minimum Gasteiger partial charge on any atom is -0.384 e. The van der Waals surface area contributed by atoms with Gasteiger partial charge in [-0.3, -0.25) is 4.79 Å². The summed E-state index contributed by atoms with van der Waals surface area (Å²) in [4.78, 5) is 12.2. The molecule has 0 aliphatic rings. The average molecular weight is 310 g/mol. The van der Waals surface area contributed by atoms with E-state index >= 15 is 0 Å². The molecule has 2 rings (SSSR count). The largest absolute Gasteiger partial charge is 0.384 e. The number of aliphatic hydroxyl groups excluding tert-OH is 1. The Kier molecular flexibility index (Phi) is 4.74. The van der Waals surface area contributed by atoms with Gasteiger partial charge in [0.1, 0.15) is 17.3 Å². The van der Waals surface area contributed by atoms with Gasteiger partial charge in [0.25, 0.3) is 5.91 Å². The van der Waals surface area contributed by atoms with Gasteiger partial charge in [-0.05, 0) is 29.6 Å². The van der Waals surface area contributed by atoms with Crippen molar-refractivity contribution in [1.82, 2.24) is 0 Å². The van der Waals surface area contributed by atoms with Crippen LogP contribution in [0.1, 0.15) is 15.2 Å². The fourth-order valence-electron chi connectivity index (χ4n) is 1.47. The Morgan fingerprint density at radius 1 is 1.45 bits per heavy atom. The zero-order valence-corrected chi connectivity index (χ0v) is 11.7. The third-order valence-corrected chi connectivity index (χ3v) is 3.69. The average Bonchev–Trinajstić information content (AvgIpc) is 2.85. The lowest BCUT2D eigenvalue weighted by molar-refractivity contribution is 0.103. The zero-order valence-electron chi connectivity index (χ0n) is 10.1. The molecule has 0 atom stereocenters. The van der Waals surface area contributed by atoms with E-state index in [0.29, 0.717) is 15.5 Å². The smallest absolute Gasteiger partial charge is 0.267 e. The van der Waals surface area contributed by atoms with Crippen LogP contribution in [-0.4, -0.2) is 17.6 Å². The first-order chi connectivity index (χ1) is 9.61. The SMILES string of the molecule is O=C(Nc1ccc(C#CCO)cc1F)c1sccc1Cl. The Bertz CT molecular complexity index is 703. The van der Waals surface area contributed by atoms with Crippen molar-refractivity contribution in [2.45, 2.75) is 0 Å². The normalized spacial score (nSPS) is 9.75. The first-order valence-corrected chi connectivity index (χ1v) is 6.81. The number of carbonyl (C=O) groups is 1. The van der Waals surface area contributed by atoms with Gasteiger partial charge in [0.2, 0.25) is 0 Å². The van der Waals surface area contributed by atoms with Crippen molar-refractivity contribution in [2.75, 3.05) is 11.9 Å². The Morgan fingerprint density at radius 3 is 2.85 bits per heavy atom. The van der Waals surface area contributed by atoms with E-state index in [2.05, 4.69) is 17.2 Å². The van der Waals surface area contributed by atoms with E-state index in [4.69, 9.17) is 16.7 Å². The third-order valence-electron chi connectivity index (χ3n) is 2.35. The van der Waals surface area contributed by atoms with Crippen LogP contribution in [0.4, 0.5) is 10.1 Å². The van der Waals surface area contributed by atoms with E-state index in [1.54, 1.807) is 17.5 Å². The number of rotatable bonds is 2. The quantitative estimate of drug-likeness (QED) is 0.837. The predicted octanol–water partition coefficient (Wildman–Crippen LogP) is 3.14. The van der Waals surface area contributed by atoms with Crippen molar-refractivity contribution in [3.8, 4) is 11.8 Å². The van der Waals surface area contributed by atoms with Crippen LogP contribution in [0.15, 0.2) is 29.6 Å². The van der Waals surface area contributed by atoms with Crippen LogP contribution in [0.25, 0.3) is 0 Å². The van der Waals surface area contributed by atoms with Gasteiger partial charge >= 0.3 is 0 Å². The molecule has 0 spiro atoms. The molecule has 20 heavy (non-hydrogen) atoms. The maximum Gasteiger partial charge on any atom is 0.267 e. The molecule has 0 fully saturated rings. The number of thiophene rings is 1. The van der Waals surface area contributed by atoms with Gasteiger partial charge in [0.15, 0.2) is 0 Å². The second-order valence-corrected chi connectivity index (χ2v) is 5.03. The molecule has 0 unspecified atom stereocenters. The van der Waals surface area contributed by atoms with E-state index in [0.717, 1.165) is 0 Å². The lowest BCUT2D eigenvalue weighted by Gasteiger charge is -2.05. The molecule has 0 bridgehead atoms. The van der Waals surface area contributed by atoms with Gasteiger partial charge in [-0.25, -0.2) is 4.39 Å². The van der Waals surface area contributed by atoms with E-state index < -0.39 is 11.7 Å². The highest BCUT2D eigenvalue weighted by Gasteiger charge is 2.14. The lowest BCUT2D eigenvalue weighted by atomic mass is 10.2. The van der Waals surface area contributed by atoms with Gasteiger partial charge in [-0.15, -0.1) is 11.3 Å². The fourth-order valence-corrected chi connectivity index (χ4v) is 2.51. The van der Waals surface area contributed by atoms with E-state index in [1.807, 2.05) is 0 Å². The zero-order chi connectivity index (χ0) is 14.5. The van der Waals surface area contributed by atoms with Crippen LogP contribution in [0.3, 0.4) is 0 Å². The van der Waals surface area contributed by atoms with Crippen LogP contribution in [0.5, 0.6) is 0 Å². The number of anilines is 1. The molecular formula is C14H9ClFNO2S. The molecule has 1 aromatic heterocycles. The maximum absolute atomic E-state index is 13.8. The summed E-state index contributed by atoms with van der Waals surface area (Å²) in [7, 11) is 0. The summed E-state index contributed by atoms with van der Waals surface area (Å²) in [6.07, 6.45) is 0. The Morgan fingerprint density at radius 2 is 2.25 bits per heavy atom. The number of nitrogens with one attached hydrogen (secondary N) is 1. The highest BCUT2D eigenvalue weighted by Crippen LogP contribution is 2.24. The van der Waals surface area contributed by atoms with Crippen molar-refractivity contribution in [3.05, 3.63) is 50.9 Å². The number of benzene rings is 1. The predicted molar refractivity (Wildman–Crippen MR) is 77.6 cm³/mol. The van der Waals surface area contributed by atoms with Crippen LogP contribution < -0.4 is 5.32 Å². The van der Waals surface area contributed by atoms with Gasteiger partial charge in [-0.1, -0.05) is 23.4 Å². The highest BCUT2D eigenvalue weighted by molar-refractivity contribution is 7.12. The molecule has 102 valence electrons. The summed E-state index contributed by atoms with van der Waals surface area (Å²) in [6.45, 7) is -0.295. The molecule has 1 amide bonds. The molecule has 0 aliphatic heterocycles. The second-order valence-electron chi connectivity index (χ2n) is 3.71. The van der Waals surface area contributed by atoms with Crippen LogP contribution in [-0.2, 0) is 0 Å². The molecule has 3 nitrogen and oxygen atoms in total. The topological polar surface area (TPSA) is 49.3 Å². The first kappa shape index (κ1) is 14.5. The summed E-state index contributed by atoms with van der Waals surface area (Å²) in [5, 5.41) is 13.0. The Labute approximate surface area is 124 Å². The Hall–Kier alpha value is -1.87. The van der Waals surface area contributed by atoms with Crippen LogP contribution in [0.2, 0.25) is 5.02 Å². The van der Waals surface area contributed by atoms with Gasteiger partial charge in [-0.2, -0.15) is 0 Å². The summed E-state index contributed by atoms with van der Waals surface area (Å²) in [5.74, 6) is 3.94. The molecule has 1 heterocycles. The van der Waals surface area contributed by atoms with Crippen LogP contribution >= 0.6 is 22.9 Å². The van der Waals surface area contributed by atoms with E-state index in [1.165, 1.54) is 23.5 Å². The second kappa shape index (κ2) is 6.53. The van der Waals surface area contributed by atoms with Crippen LogP contribution in [0, 0.1) is 17.7 Å². The van der Waals surface area contributed by atoms with Crippen molar-refractivity contribution in [2.24, 2.45) is 0 Å². The van der Waals surface area contributed by atoms with E-state index in [9.17, 15) is 9.18 Å². The summed E-state index contributed by atoms with van der Waals surface area (Å²) >= 11 is 7.02. The van der Waals surface area contributed by atoms with Crippen molar-refractivity contribution >= 4 is 34.5 Å². The number of hydrogen-bond donors (Lipinski definition) is 2. The van der Waals surface area contributed by atoms with Crippen molar-refractivity contribution < 1.29 is 14.3 Å². The van der Waals surface area contributed by atoms with Crippen molar-refractivity contribution in [1.29, 1.82) is 0 Å². The number of halogens is 2. The number of hydrogen-bond acceptors (Lipinski definition) is 3. The minimum atomic E-state index is -0.601. The lowest BCUT2D eigenvalue weighted by Crippen LogP contribution is -2.11. The molecule has 0 saturated carbocycles. The molecule has 1 aromatic carbocycles. The molecule has 2 aromatic rings. The maximum atomic E-state index is 13.8. The first-order valence-electron chi connectivity index (χ1n) is 5.55. The number of amides is 1. The summed E-state index contributed by atoms with van der Waals surface area (Å²) in [5.41, 5.74) is 0.470. The fraction of sp³-hybridized carbons (Fsp3) is 0.0714. The number of carbonyl (C=O) groups excluding carboxylic acids is 1. The molecule has 0 aliphatic carbocycles. The van der Waals surface area contributed by atoms with Gasteiger partial charge < -0.3 is 10.4 Å². The van der Waals surface area contributed by atoms with E-state index in [-0.39, 0.29) is 12.3 Å². The number of aliphatic hydroxyl groups is 1. The summed E-state index contributed by atoms with van der Waals surface area (Å²) in [6, 6.07) is 5.76. The molecule has 2 N–H and O–H groups in total. The Balaban J connectivity index is 2.18.